The standard InChI is InChI=1S/C29H22N6O/c1-19-5-7-24(33-22-9-12-31-13-10-22)17-28(19)35-29(36)21-3-2-4-23(16-21)34-27-11-14-32-26-8-6-20(18-30)15-25(26)27/h2-17H,1H3,(H,31,33)(H,32,34)(H,35,36). The number of anilines is 5. The number of hydrogen-bond donors (Lipinski definition) is 3. The van der Waals surface area contributed by atoms with Crippen molar-refractivity contribution in [2.24, 2.45) is 0 Å². The molecule has 7 heteroatoms. The van der Waals surface area contributed by atoms with Crippen molar-refractivity contribution >= 4 is 45.2 Å². The Balaban J connectivity index is 1.36. The van der Waals surface area contributed by atoms with Crippen molar-refractivity contribution in [2.45, 2.75) is 6.92 Å². The number of carbonyl (C=O) groups excluding carboxylic acids is 1. The van der Waals surface area contributed by atoms with Crippen LogP contribution in [0.1, 0.15) is 21.5 Å². The van der Waals surface area contributed by atoms with E-state index in [-0.39, 0.29) is 5.91 Å². The largest absolute Gasteiger partial charge is 0.355 e. The van der Waals surface area contributed by atoms with Crippen LogP contribution in [0, 0.1) is 18.3 Å². The normalized spacial score (nSPS) is 10.4. The molecule has 0 spiro atoms. The summed E-state index contributed by atoms with van der Waals surface area (Å²) in [6, 6.07) is 26.3. The monoisotopic (exact) mass is 470 g/mol. The average Bonchev–Trinajstić information content (AvgIpc) is 2.91. The van der Waals surface area contributed by atoms with Crippen LogP contribution in [-0.4, -0.2) is 15.9 Å². The van der Waals surface area contributed by atoms with Gasteiger partial charge in [0.2, 0.25) is 0 Å². The zero-order chi connectivity index (χ0) is 24.9. The van der Waals surface area contributed by atoms with Gasteiger partial charge in [-0.3, -0.25) is 14.8 Å². The molecule has 5 aromatic rings. The van der Waals surface area contributed by atoms with E-state index in [1.54, 1.807) is 42.9 Å². The average molecular weight is 471 g/mol. The van der Waals surface area contributed by atoms with E-state index in [4.69, 9.17) is 0 Å². The number of nitrogens with one attached hydrogen (secondary N) is 3. The lowest BCUT2D eigenvalue weighted by Crippen LogP contribution is -2.13. The first-order chi connectivity index (χ1) is 17.6. The lowest BCUT2D eigenvalue weighted by atomic mass is 10.1. The van der Waals surface area contributed by atoms with Crippen molar-refractivity contribution < 1.29 is 4.79 Å². The Hall–Kier alpha value is -5.22. The number of amides is 1. The van der Waals surface area contributed by atoms with Crippen molar-refractivity contribution in [1.29, 1.82) is 5.26 Å². The summed E-state index contributed by atoms with van der Waals surface area (Å²) in [6.45, 7) is 1.95. The SMILES string of the molecule is Cc1ccc(Nc2ccncc2)cc1NC(=O)c1cccc(Nc2ccnc3ccc(C#N)cc23)c1. The first-order valence-electron chi connectivity index (χ1n) is 11.3. The highest BCUT2D eigenvalue weighted by atomic mass is 16.1. The molecule has 7 nitrogen and oxygen atoms in total. The van der Waals surface area contributed by atoms with Crippen LogP contribution < -0.4 is 16.0 Å². The molecular formula is C29H22N6O. The molecule has 0 saturated heterocycles. The Morgan fingerprint density at radius 2 is 1.64 bits per heavy atom. The molecule has 0 radical (unpaired) electrons. The Kier molecular flexibility index (Phi) is 6.24. The fourth-order valence-corrected chi connectivity index (χ4v) is 3.85. The smallest absolute Gasteiger partial charge is 0.255 e. The van der Waals surface area contributed by atoms with Gasteiger partial charge in [0, 0.05) is 58.0 Å². The number of carbonyl (C=O) groups is 1. The van der Waals surface area contributed by atoms with Gasteiger partial charge in [0.05, 0.1) is 17.1 Å². The molecular weight excluding hydrogens is 448 g/mol. The number of benzene rings is 3. The van der Waals surface area contributed by atoms with Crippen LogP contribution in [0.4, 0.5) is 28.4 Å². The summed E-state index contributed by atoms with van der Waals surface area (Å²) >= 11 is 0. The molecule has 3 N–H and O–H groups in total. The number of rotatable bonds is 6. The second kappa shape index (κ2) is 9.95. The van der Waals surface area contributed by atoms with Gasteiger partial charge in [-0.1, -0.05) is 12.1 Å². The summed E-state index contributed by atoms with van der Waals surface area (Å²) in [6.07, 6.45) is 5.15. The Morgan fingerprint density at radius 3 is 2.47 bits per heavy atom. The Bertz CT molecular complexity index is 1610. The lowest BCUT2D eigenvalue weighted by Gasteiger charge is -2.13. The van der Waals surface area contributed by atoms with Crippen LogP contribution >= 0.6 is 0 Å². The summed E-state index contributed by atoms with van der Waals surface area (Å²) in [5.74, 6) is -0.214. The molecule has 3 aromatic carbocycles. The molecule has 0 saturated carbocycles. The first kappa shape index (κ1) is 22.6. The first-order valence-corrected chi connectivity index (χ1v) is 11.3. The van der Waals surface area contributed by atoms with E-state index in [1.165, 1.54) is 0 Å². The third-order valence-electron chi connectivity index (χ3n) is 5.73. The molecule has 0 aliphatic carbocycles. The lowest BCUT2D eigenvalue weighted by molar-refractivity contribution is 0.102. The van der Waals surface area contributed by atoms with E-state index in [0.717, 1.165) is 44.9 Å². The Morgan fingerprint density at radius 1 is 0.806 bits per heavy atom. The Labute approximate surface area is 208 Å². The second-order valence-corrected chi connectivity index (χ2v) is 8.25. The highest BCUT2D eigenvalue weighted by Crippen LogP contribution is 2.27. The number of fused-ring (bicyclic) bond motifs is 1. The predicted molar refractivity (Wildman–Crippen MR) is 143 cm³/mol. The topological polar surface area (TPSA) is 103 Å². The summed E-state index contributed by atoms with van der Waals surface area (Å²) in [5.41, 5.74) is 6.86. The molecule has 0 aliphatic rings. The molecule has 0 fully saturated rings. The molecule has 1 amide bonds. The number of hydrogen-bond acceptors (Lipinski definition) is 6. The molecule has 174 valence electrons. The number of aryl methyl sites for hydroxylation is 1. The van der Waals surface area contributed by atoms with Crippen LogP contribution in [0.5, 0.6) is 0 Å². The molecule has 0 bridgehead atoms. The zero-order valence-corrected chi connectivity index (χ0v) is 19.5. The van der Waals surface area contributed by atoms with Gasteiger partial charge < -0.3 is 16.0 Å². The number of pyridine rings is 2. The van der Waals surface area contributed by atoms with Crippen LogP contribution in [0.3, 0.4) is 0 Å². The fourth-order valence-electron chi connectivity index (χ4n) is 3.85. The zero-order valence-electron chi connectivity index (χ0n) is 19.5. The molecule has 0 atom stereocenters. The maximum Gasteiger partial charge on any atom is 0.255 e. The van der Waals surface area contributed by atoms with Crippen LogP contribution in [-0.2, 0) is 0 Å². The van der Waals surface area contributed by atoms with Crippen LogP contribution in [0.2, 0.25) is 0 Å². The van der Waals surface area contributed by atoms with Crippen molar-refractivity contribution in [1.82, 2.24) is 9.97 Å². The highest BCUT2D eigenvalue weighted by Gasteiger charge is 2.11. The van der Waals surface area contributed by atoms with Crippen molar-refractivity contribution in [2.75, 3.05) is 16.0 Å². The van der Waals surface area contributed by atoms with Gasteiger partial charge in [-0.15, -0.1) is 0 Å². The third kappa shape index (κ3) is 4.98. The van der Waals surface area contributed by atoms with E-state index in [0.29, 0.717) is 11.1 Å². The van der Waals surface area contributed by atoms with Gasteiger partial charge in [0.25, 0.3) is 5.91 Å². The van der Waals surface area contributed by atoms with Gasteiger partial charge in [-0.2, -0.15) is 5.26 Å². The van der Waals surface area contributed by atoms with Gasteiger partial charge in [-0.05, 0) is 79.2 Å². The third-order valence-corrected chi connectivity index (χ3v) is 5.73. The van der Waals surface area contributed by atoms with Gasteiger partial charge in [0.1, 0.15) is 0 Å². The number of aromatic nitrogens is 2. The summed E-state index contributed by atoms with van der Waals surface area (Å²) in [4.78, 5) is 21.5. The molecule has 36 heavy (non-hydrogen) atoms. The van der Waals surface area contributed by atoms with Gasteiger partial charge >= 0.3 is 0 Å². The predicted octanol–water partition coefficient (Wildman–Crippen LogP) is 6.55. The van der Waals surface area contributed by atoms with E-state index in [9.17, 15) is 10.1 Å². The van der Waals surface area contributed by atoms with Crippen molar-refractivity contribution in [3.63, 3.8) is 0 Å². The summed E-state index contributed by atoms with van der Waals surface area (Å²) in [7, 11) is 0. The molecule has 0 unspecified atom stereocenters. The molecule has 2 aromatic heterocycles. The summed E-state index contributed by atoms with van der Waals surface area (Å²) < 4.78 is 0. The summed E-state index contributed by atoms with van der Waals surface area (Å²) in [5, 5.41) is 19.8. The van der Waals surface area contributed by atoms with Crippen molar-refractivity contribution in [3.8, 4) is 6.07 Å². The molecule has 5 rings (SSSR count). The van der Waals surface area contributed by atoms with E-state index < -0.39 is 0 Å². The van der Waals surface area contributed by atoms with Crippen LogP contribution in [0.25, 0.3) is 10.9 Å². The van der Waals surface area contributed by atoms with Gasteiger partial charge in [-0.25, -0.2) is 0 Å². The van der Waals surface area contributed by atoms with Crippen LogP contribution in [0.15, 0.2) is 97.5 Å². The van der Waals surface area contributed by atoms with Gasteiger partial charge in [0.15, 0.2) is 0 Å². The van der Waals surface area contributed by atoms with E-state index >= 15 is 0 Å². The minimum absolute atomic E-state index is 0.214. The minimum atomic E-state index is -0.214. The highest BCUT2D eigenvalue weighted by molar-refractivity contribution is 6.05. The van der Waals surface area contributed by atoms with E-state index in [2.05, 4.69) is 32.0 Å². The molecule has 0 aliphatic heterocycles. The number of nitrogens with zero attached hydrogens (tertiary/aromatic N) is 3. The number of nitriles is 1. The van der Waals surface area contributed by atoms with E-state index in [1.807, 2.05) is 61.5 Å². The maximum atomic E-state index is 13.1. The minimum Gasteiger partial charge on any atom is -0.355 e. The fraction of sp³-hybridized carbons (Fsp3) is 0.0345. The maximum absolute atomic E-state index is 13.1. The quantitative estimate of drug-likeness (QED) is 0.260. The van der Waals surface area contributed by atoms with Crippen molar-refractivity contribution in [3.05, 3.63) is 114 Å². The second-order valence-electron chi connectivity index (χ2n) is 8.25. The molecule has 2 heterocycles.